The van der Waals surface area contributed by atoms with Crippen LogP contribution in [0.15, 0.2) is 65.6 Å². The van der Waals surface area contributed by atoms with Crippen molar-refractivity contribution in [3.05, 3.63) is 93.0 Å². The maximum Gasteiger partial charge on any atom is 0.264 e. The van der Waals surface area contributed by atoms with Crippen LogP contribution < -0.4 is 9.62 Å². The minimum Gasteiger partial charge on any atom is -0.355 e. The lowest BCUT2D eigenvalue weighted by atomic mass is 10.1. The zero-order valence-electron chi connectivity index (χ0n) is 23.4. The fourth-order valence-corrected chi connectivity index (χ4v) is 6.39. The van der Waals surface area contributed by atoms with E-state index in [9.17, 15) is 18.0 Å². The average Bonchev–Trinajstić information content (AvgIpc) is 2.90. The summed E-state index contributed by atoms with van der Waals surface area (Å²) >= 11 is 12.9. The summed E-state index contributed by atoms with van der Waals surface area (Å²) in [6.45, 7) is 8.87. The highest BCUT2D eigenvalue weighted by molar-refractivity contribution is 7.92. The lowest BCUT2D eigenvalue weighted by molar-refractivity contribution is -0.140. The van der Waals surface area contributed by atoms with E-state index in [1.54, 1.807) is 57.2 Å². The third-order valence-corrected chi connectivity index (χ3v) is 9.13. The van der Waals surface area contributed by atoms with Gasteiger partial charge in [-0.3, -0.25) is 13.9 Å². The molecule has 40 heavy (non-hydrogen) atoms. The van der Waals surface area contributed by atoms with Gasteiger partial charge >= 0.3 is 0 Å². The lowest BCUT2D eigenvalue weighted by Gasteiger charge is -2.34. The van der Waals surface area contributed by atoms with Gasteiger partial charge in [0.05, 0.1) is 10.6 Å². The summed E-state index contributed by atoms with van der Waals surface area (Å²) < 4.78 is 29.2. The predicted molar refractivity (Wildman–Crippen MR) is 161 cm³/mol. The van der Waals surface area contributed by atoms with Crippen LogP contribution in [0.25, 0.3) is 0 Å². The van der Waals surface area contributed by atoms with Gasteiger partial charge in [0.2, 0.25) is 11.8 Å². The number of nitrogens with zero attached hydrogens (tertiary/aromatic N) is 2. The smallest absolute Gasteiger partial charge is 0.264 e. The number of hydrogen-bond donors (Lipinski definition) is 1. The summed E-state index contributed by atoms with van der Waals surface area (Å²) in [5, 5.41) is 3.46. The van der Waals surface area contributed by atoms with E-state index in [1.807, 2.05) is 26.0 Å². The van der Waals surface area contributed by atoms with Gasteiger partial charge in [-0.15, -0.1) is 0 Å². The van der Waals surface area contributed by atoms with Crippen molar-refractivity contribution in [1.82, 2.24) is 10.2 Å². The first-order valence-electron chi connectivity index (χ1n) is 13.1. The number of hydrogen-bond acceptors (Lipinski definition) is 4. The molecule has 0 aliphatic rings. The number of anilines is 1. The number of rotatable bonds is 11. The van der Waals surface area contributed by atoms with Crippen LogP contribution in [0, 0.1) is 20.8 Å². The number of sulfonamides is 1. The van der Waals surface area contributed by atoms with Crippen molar-refractivity contribution >= 4 is 50.7 Å². The van der Waals surface area contributed by atoms with Crippen LogP contribution >= 0.6 is 23.2 Å². The molecule has 0 radical (unpaired) electrons. The first-order valence-corrected chi connectivity index (χ1v) is 15.3. The number of aryl methyl sites for hydroxylation is 3. The molecule has 0 aromatic heterocycles. The van der Waals surface area contributed by atoms with Gasteiger partial charge in [-0.05, 0) is 75.6 Å². The number of benzene rings is 3. The highest BCUT2D eigenvalue weighted by Crippen LogP contribution is 2.30. The molecular formula is C30H35Cl2N3O4S. The Morgan fingerprint density at radius 3 is 2.08 bits per heavy atom. The summed E-state index contributed by atoms with van der Waals surface area (Å²) in [5.41, 5.74) is 3.29. The highest BCUT2D eigenvalue weighted by Gasteiger charge is 2.34. The molecular weight excluding hydrogens is 569 g/mol. The van der Waals surface area contributed by atoms with Crippen LogP contribution in [0.1, 0.15) is 42.5 Å². The Balaban J connectivity index is 2.14. The lowest BCUT2D eigenvalue weighted by Crippen LogP contribution is -2.52. The topological polar surface area (TPSA) is 86.8 Å². The molecule has 0 spiro atoms. The maximum atomic E-state index is 14.1. The second kappa shape index (κ2) is 13.5. The minimum atomic E-state index is -4.16. The molecule has 3 aromatic carbocycles. The Morgan fingerprint density at radius 2 is 1.50 bits per heavy atom. The first-order chi connectivity index (χ1) is 18.9. The quantitative estimate of drug-likeness (QED) is 0.289. The molecule has 10 heteroatoms. The fraction of sp³-hybridized carbons (Fsp3) is 0.333. The Hall–Kier alpha value is -3.07. The molecule has 3 aromatic rings. The third-order valence-electron chi connectivity index (χ3n) is 6.65. The maximum absolute atomic E-state index is 14.1. The Bertz CT molecular complexity index is 1460. The van der Waals surface area contributed by atoms with Crippen LogP contribution in [0.3, 0.4) is 0 Å². The van der Waals surface area contributed by atoms with Crippen molar-refractivity contribution in [2.24, 2.45) is 0 Å². The van der Waals surface area contributed by atoms with E-state index < -0.39 is 28.5 Å². The van der Waals surface area contributed by atoms with Crippen molar-refractivity contribution in [3.63, 3.8) is 0 Å². The van der Waals surface area contributed by atoms with Gasteiger partial charge in [-0.25, -0.2) is 8.42 Å². The van der Waals surface area contributed by atoms with E-state index in [4.69, 9.17) is 23.2 Å². The van der Waals surface area contributed by atoms with Gasteiger partial charge in [0.1, 0.15) is 12.6 Å². The normalized spacial score (nSPS) is 12.1. The molecule has 0 heterocycles. The molecule has 7 nitrogen and oxygen atoms in total. The summed E-state index contributed by atoms with van der Waals surface area (Å²) in [4.78, 5) is 28.6. The van der Waals surface area contributed by atoms with Crippen molar-refractivity contribution in [2.75, 3.05) is 17.4 Å². The van der Waals surface area contributed by atoms with E-state index >= 15 is 0 Å². The van der Waals surface area contributed by atoms with E-state index in [2.05, 4.69) is 5.32 Å². The zero-order chi connectivity index (χ0) is 29.6. The number of amides is 2. The van der Waals surface area contributed by atoms with E-state index in [0.29, 0.717) is 39.8 Å². The molecule has 0 aliphatic carbocycles. The van der Waals surface area contributed by atoms with Crippen LogP contribution in [-0.4, -0.2) is 44.3 Å². The first kappa shape index (κ1) is 31.5. The summed E-state index contributed by atoms with van der Waals surface area (Å²) in [6, 6.07) is 16.0. The van der Waals surface area contributed by atoms with Gasteiger partial charge in [0, 0.05) is 28.7 Å². The van der Waals surface area contributed by atoms with Crippen molar-refractivity contribution < 1.29 is 18.0 Å². The standard InChI is InChI=1S/C30H35Cl2N3O4S/c1-6-27(30(37)33-7-2)34(18-24-25(31)9-8-10-26(24)32)29(36)19-35(28-17-21(4)11-14-22(28)5)40(38,39)23-15-12-20(3)13-16-23/h8-17,27H,6-7,18-19H2,1-5H3,(H,33,37). The molecule has 0 fully saturated rings. The molecule has 1 unspecified atom stereocenters. The number of halogens is 2. The van der Waals surface area contributed by atoms with Gasteiger partial charge in [0.15, 0.2) is 0 Å². The van der Waals surface area contributed by atoms with Gasteiger partial charge in [-0.1, -0.05) is 66.0 Å². The molecule has 0 saturated carbocycles. The Labute approximate surface area is 247 Å². The van der Waals surface area contributed by atoms with E-state index in [-0.39, 0.29) is 17.3 Å². The third kappa shape index (κ3) is 7.16. The minimum absolute atomic E-state index is 0.0586. The summed E-state index contributed by atoms with van der Waals surface area (Å²) in [5.74, 6) is -0.910. The highest BCUT2D eigenvalue weighted by atomic mass is 35.5. The molecule has 0 saturated heterocycles. The Kier molecular flexibility index (Phi) is 10.6. The predicted octanol–water partition coefficient (Wildman–Crippen LogP) is 6.06. The molecule has 3 rings (SSSR count). The Morgan fingerprint density at radius 1 is 0.900 bits per heavy atom. The molecule has 2 amide bonds. The van der Waals surface area contributed by atoms with E-state index in [0.717, 1.165) is 15.4 Å². The molecule has 0 bridgehead atoms. The van der Waals surface area contributed by atoms with Crippen LogP contribution in [-0.2, 0) is 26.2 Å². The molecule has 1 N–H and O–H groups in total. The molecule has 214 valence electrons. The average molecular weight is 605 g/mol. The monoisotopic (exact) mass is 603 g/mol. The second-order valence-electron chi connectivity index (χ2n) is 9.66. The summed E-state index contributed by atoms with van der Waals surface area (Å²) in [7, 11) is -4.16. The van der Waals surface area contributed by atoms with Crippen LogP contribution in [0.2, 0.25) is 10.0 Å². The van der Waals surface area contributed by atoms with Crippen molar-refractivity contribution in [3.8, 4) is 0 Å². The number of carbonyl (C=O) groups is 2. The van der Waals surface area contributed by atoms with Crippen LogP contribution in [0.4, 0.5) is 5.69 Å². The van der Waals surface area contributed by atoms with Crippen LogP contribution in [0.5, 0.6) is 0 Å². The van der Waals surface area contributed by atoms with E-state index in [1.165, 1.54) is 17.0 Å². The van der Waals surface area contributed by atoms with Gasteiger partial charge < -0.3 is 10.2 Å². The number of likely N-dealkylation sites (N-methyl/N-ethyl adjacent to an activating group) is 1. The zero-order valence-corrected chi connectivity index (χ0v) is 25.7. The summed E-state index contributed by atoms with van der Waals surface area (Å²) in [6.07, 6.45) is 0.299. The second-order valence-corrected chi connectivity index (χ2v) is 12.3. The van der Waals surface area contributed by atoms with Crippen molar-refractivity contribution in [2.45, 2.75) is 58.5 Å². The van der Waals surface area contributed by atoms with Gasteiger partial charge in [-0.2, -0.15) is 0 Å². The van der Waals surface area contributed by atoms with Crippen molar-refractivity contribution in [1.29, 1.82) is 0 Å². The largest absolute Gasteiger partial charge is 0.355 e. The number of carbonyl (C=O) groups excluding carboxylic acids is 2. The number of nitrogens with one attached hydrogen (secondary N) is 1. The fourth-order valence-electron chi connectivity index (χ4n) is 4.40. The molecule has 0 aliphatic heterocycles. The SMILES string of the molecule is CCNC(=O)C(CC)N(Cc1c(Cl)cccc1Cl)C(=O)CN(c1cc(C)ccc1C)S(=O)(=O)c1ccc(C)cc1. The van der Waals surface area contributed by atoms with Gasteiger partial charge in [0.25, 0.3) is 10.0 Å². The molecule has 1 atom stereocenters.